The lowest BCUT2D eigenvalue weighted by Crippen LogP contribution is -2.32. The second-order valence-corrected chi connectivity index (χ2v) is 5.25. The number of aliphatic hydroxyl groups excluding tert-OH is 1. The Morgan fingerprint density at radius 3 is 2.86 bits per heavy atom. The molecule has 0 aliphatic carbocycles. The predicted octanol–water partition coefficient (Wildman–Crippen LogP) is 1.89. The van der Waals surface area contributed by atoms with E-state index in [0.29, 0.717) is 19.7 Å². The minimum absolute atomic E-state index is 0.270. The van der Waals surface area contributed by atoms with E-state index in [2.05, 4.69) is 5.16 Å². The van der Waals surface area contributed by atoms with Crippen molar-refractivity contribution >= 4 is 0 Å². The SMILES string of the molecule is Cc1noc(C)c1CN(C)C[C@H](O)COCc1ccco1. The molecule has 2 heterocycles. The lowest BCUT2D eigenvalue weighted by Gasteiger charge is -2.20. The average Bonchev–Trinajstić information content (AvgIpc) is 3.04. The summed E-state index contributed by atoms with van der Waals surface area (Å²) in [7, 11) is 1.95. The average molecular weight is 294 g/mol. The van der Waals surface area contributed by atoms with E-state index in [0.717, 1.165) is 22.8 Å². The molecular weight excluding hydrogens is 272 g/mol. The van der Waals surface area contributed by atoms with Crippen LogP contribution in [-0.2, 0) is 17.9 Å². The van der Waals surface area contributed by atoms with E-state index in [1.54, 1.807) is 6.26 Å². The van der Waals surface area contributed by atoms with Crippen molar-refractivity contribution in [2.45, 2.75) is 33.1 Å². The van der Waals surface area contributed by atoms with Crippen LogP contribution < -0.4 is 0 Å². The highest BCUT2D eigenvalue weighted by atomic mass is 16.5. The lowest BCUT2D eigenvalue weighted by molar-refractivity contribution is 0.00762. The molecule has 2 rings (SSSR count). The molecule has 1 N–H and O–H groups in total. The van der Waals surface area contributed by atoms with E-state index in [1.807, 2.05) is 37.9 Å². The molecule has 6 heteroatoms. The molecule has 0 saturated carbocycles. The monoisotopic (exact) mass is 294 g/mol. The molecule has 21 heavy (non-hydrogen) atoms. The largest absolute Gasteiger partial charge is 0.467 e. The maximum Gasteiger partial charge on any atom is 0.138 e. The molecule has 0 fully saturated rings. The Morgan fingerprint density at radius 2 is 2.24 bits per heavy atom. The quantitative estimate of drug-likeness (QED) is 0.801. The number of hydrogen-bond donors (Lipinski definition) is 1. The molecule has 0 aliphatic rings. The first-order chi connectivity index (χ1) is 10.1. The fraction of sp³-hybridized carbons (Fsp3) is 0.533. The van der Waals surface area contributed by atoms with Crippen molar-refractivity contribution in [1.82, 2.24) is 10.1 Å². The predicted molar refractivity (Wildman–Crippen MR) is 76.7 cm³/mol. The topological polar surface area (TPSA) is 71.9 Å². The summed E-state index contributed by atoms with van der Waals surface area (Å²) in [6.45, 7) is 5.66. The first kappa shape index (κ1) is 15.8. The van der Waals surface area contributed by atoms with Crippen LogP contribution >= 0.6 is 0 Å². The summed E-state index contributed by atoms with van der Waals surface area (Å²) in [5, 5.41) is 13.9. The van der Waals surface area contributed by atoms with Crippen molar-refractivity contribution in [2.75, 3.05) is 20.2 Å². The van der Waals surface area contributed by atoms with Crippen molar-refractivity contribution in [3.8, 4) is 0 Å². The Morgan fingerprint density at radius 1 is 1.43 bits per heavy atom. The summed E-state index contributed by atoms with van der Waals surface area (Å²) in [5.41, 5.74) is 1.96. The molecular formula is C15H22N2O4. The number of nitrogens with zero attached hydrogens (tertiary/aromatic N) is 2. The molecule has 0 amide bonds. The van der Waals surface area contributed by atoms with Gasteiger partial charge in [0.2, 0.25) is 0 Å². The number of ether oxygens (including phenoxy) is 1. The van der Waals surface area contributed by atoms with Crippen molar-refractivity contribution in [3.05, 3.63) is 41.2 Å². The molecule has 2 aromatic heterocycles. The van der Waals surface area contributed by atoms with E-state index in [-0.39, 0.29) is 6.61 Å². The Hall–Kier alpha value is -1.63. The summed E-state index contributed by atoms with van der Waals surface area (Å²) in [5.74, 6) is 1.58. The number of rotatable bonds is 8. The zero-order valence-corrected chi connectivity index (χ0v) is 12.7. The van der Waals surface area contributed by atoms with Crippen molar-refractivity contribution in [3.63, 3.8) is 0 Å². The van der Waals surface area contributed by atoms with Crippen molar-refractivity contribution in [1.29, 1.82) is 0 Å². The second kappa shape index (κ2) is 7.40. The van der Waals surface area contributed by atoms with Crippen LogP contribution in [0.3, 0.4) is 0 Å². The molecule has 116 valence electrons. The molecule has 0 aromatic carbocycles. The van der Waals surface area contributed by atoms with Crippen LogP contribution in [0.1, 0.15) is 22.8 Å². The van der Waals surface area contributed by atoms with Gasteiger partial charge in [0.1, 0.15) is 18.1 Å². The zero-order chi connectivity index (χ0) is 15.2. The van der Waals surface area contributed by atoms with Crippen LogP contribution in [0.2, 0.25) is 0 Å². The summed E-state index contributed by atoms with van der Waals surface area (Å²) < 4.78 is 15.7. The molecule has 1 atom stereocenters. The van der Waals surface area contributed by atoms with Gasteiger partial charge >= 0.3 is 0 Å². The number of furan rings is 1. The molecule has 0 saturated heterocycles. The van der Waals surface area contributed by atoms with Gasteiger partial charge in [-0.05, 0) is 33.0 Å². The number of aromatic nitrogens is 1. The van der Waals surface area contributed by atoms with Gasteiger partial charge in [0, 0.05) is 18.7 Å². The number of aryl methyl sites for hydroxylation is 2. The molecule has 6 nitrogen and oxygen atoms in total. The third-order valence-corrected chi connectivity index (χ3v) is 3.27. The summed E-state index contributed by atoms with van der Waals surface area (Å²) >= 11 is 0. The standard InChI is InChI=1S/C15H22N2O4/c1-11-15(12(2)21-16-11)8-17(3)7-13(18)9-19-10-14-5-4-6-20-14/h4-6,13,18H,7-10H2,1-3H3/t13-/m0/s1. The molecule has 2 aromatic rings. The maximum atomic E-state index is 9.98. The Balaban J connectivity index is 1.70. The number of hydrogen-bond acceptors (Lipinski definition) is 6. The number of likely N-dealkylation sites (N-methyl/N-ethyl adjacent to an activating group) is 1. The fourth-order valence-electron chi connectivity index (χ4n) is 2.16. The van der Waals surface area contributed by atoms with Crippen LogP contribution in [0.5, 0.6) is 0 Å². The second-order valence-electron chi connectivity index (χ2n) is 5.25. The molecule has 0 unspecified atom stereocenters. The van der Waals surface area contributed by atoms with Crippen LogP contribution in [-0.4, -0.2) is 41.5 Å². The van der Waals surface area contributed by atoms with Crippen LogP contribution in [0.15, 0.2) is 27.3 Å². The third-order valence-electron chi connectivity index (χ3n) is 3.27. The third kappa shape index (κ3) is 4.70. The number of aliphatic hydroxyl groups is 1. The van der Waals surface area contributed by atoms with Gasteiger partial charge in [0.05, 0.1) is 24.7 Å². The maximum absolute atomic E-state index is 9.98. The van der Waals surface area contributed by atoms with E-state index < -0.39 is 6.10 Å². The Bertz CT molecular complexity index is 516. The van der Waals surface area contributed by atoms with Gasteiger partial charge in [-0.25, -0.2) is 0 Å². The normalized spacial score (nSPS) is 13.0. The van der Waals surface area contributed by atoms with Crippen molar-refractivity contribution < 1.29 is 18.8 Å². The van der Waals surface area contributed by atoms with E-state index in [1.165, 1.54) is 0 Å². The Kier molecular flexibility index (Phi) is 5.55. The van der Waals surface area contributed by atoms with Crippen LogP contribution in [0.4, 0.5) is 0 Å². The molecule has 0 radical (unpaired) electrons. The molecule has 0 aliphatic heterocycles. The smallest absolute Gasteiger partial charge is 0.138 e. The molecule has 0 bridgehead atoms. The van der Waals surface area contributed by atoms with Gasteiger partial charge in [0.15, 0.2) is 0 Å². The van der Waals surface area contributed by atoms with E-state index in [4.69, 9.17) is 13.7 Å². The minimum Gasteiger partial charge on any atom is -0.467 e. The van der Waals surface area contributed by atoms with Crippen LogP contribution in [0, 0.1) is 13.8 Å². The lowest BCUT2D eigenvalue weighted by atomic mass is 10.2. The first-order valence-electron chi connectivity index (χ1n) is 6.94. The fourth-order valence-corrected chi connectivity index (χ4v) is 2.16. The van der Waals surface area contributed by atoms with E-state index in [9.17, 15) is 5.11 Å². The van der Waals surface area contributed by atoms with E-state index >= 15 is 0 Å². The van der Waals surface area contributed by atoms with Gasteiger partial charge in [-0.2, -0.15) is 0 Å². The van der Waals surface area contributed by atoms with Gasteiger partial charge in [-0.15, -0.1) is 0 Å². The van der Waals surface area contributed by atoms with Gasteiger partial charge in [0.25, 0.3) is 0 Å². The highest BCUT2D eigenvalue weighted by molar-refractivity contribution is 5.20. The zero-order valence-electron chi connectivity index (χ0n) is 12.7. The Labute approximate surface area is 124 Å². The highest BCUT2D eigenvalue weighted by Gasteiger charge is 2.14. The van der Waals surface area contributed by atoms with Crippen molar-refractivity contribution in [2.24, 2.45) is 0 Å². The minimum atomic E-state index is -0.551. The van der Waals surface area contributed by atoms with Gasteiger partial charge in [-0.1, -0.05) is 5.16 Å². The first-order valence-corrected chi connectivity index (χ1v) is 6.94. The highest BCUT2D eigenvalue weighted by Crippen LogP contribution is 2.14. The summed E-state index contributed by atoms with van der Waals surface area (Å²) in [4.78, 5) is 2.02. The van der Waals surface area contributed by atoms with Crippen LogP contribution in [0.25, 0.3) is 0 Å². The molecule has 0 spiro atoms. The van der Waals surface area contributed by atoms with Gasteiger partial charge in [-0.3, -0.25) is 4.90 Å². The van der Waals surface area contributed by atoms with Gasteiger partial charge < -0.3 is 18.8 Å². The summed E-state index contributed by atoms with van der Waals surface area (Å²) in [6, 6.07) is 3.66. The summed E-state index contributed by atoms with van der Waals surface area (Å²) in [6.07, 6.45) is 1.05.